The van der Waals surface area contributed by atoms with E-state index in [4.69, 9.17) is 15.7 Å². The first-order valence-electron chi connectivity index (χ1n) is 11.6. The molecule has 11 nitrogen and oxygen atoms in total. The predicted octanol–water partition coefficient (Wildman–Crippen LogP) is 2.76. The molecule has 2 fully saturated rings. The Morgan fingerprint density at radius 1 is 1.17 bits per heavy atom. The van der Waals surface area contributed by atoms with Crippen LogP contribution in [-0.4, -0.2) is 49.3 Å². The van der Waals surface area contributed by atoms with Gasteiger partial charge in [0.2, 0.25) is 0 Å². The zero-order valence-electron chi connectivity index (χ0n) is 19.3. The van der Waals surface area contributed by atoms with Gasteiger partial charge in [-0.2, -0.15) is 10.4 Å². The Kier molecular flexibility index (Phi) is 5.72. The highest BCUT2D eigenvalue weighted by atomic mass is 16.6. The van der Waals surface area contributed by atoms with Gasteiger partial charge in [0.15, 0.2) is 5.65 Å². The molecule has 0 aliphatic heterocycles. The van der Waals surface area contributed by atoms with Gasteiger partial charge in [-0.3, -0.25) is 9.78 Å². The molecule has 3 aromatic heterocycles. The van der Waals surface area contributed by atoms with Crippen LogP contribution in [0, 0.1) is 11.3 Å². The molecule has 0 bridgehead atoms. The maximum absolute atomic E-state index is 13.2. The van der Waals surface area contributed by atoms with E-state index in [-0.39, 0.29) is 23.6 Å². The van der Waals surface area contributed by atoms with Crippen LogP contribution in [0.4, 0.5) is 10.5 Å². The minimum Gasteiger partial charge on any atom is -0.446 e. The third kappa shape index (κ3) is 4.87. The first-order chi connectivity index (χ1) is 16.8. The van der Waals surface area contributed by atoms with E-state index < -0.39 is 6.09 Å². The number of ether oxygens (including phenoxy) is 1. The molecule has 35 heavy (non-hydrogen) atoms. The Hall–Kier alpha value is -4.20. The van der Waals surface area contributed by atoms with Crippen molar-refractivity contribution in [3.8, 4) is 17.5 Å². The maximum atomic E-state index is 13.2. The first kappa shape index (κ1) is 22.6. The Morgan fingerprint density at radius 2 is 1.94 bits per heavy atom. The van der Waals surface area contributed by atoms with Crippen molar-refractivity contribution >= 4 is 23.3 Å². The van der Waals surface area contributed by atoms with Crippen LogP contribution in [0.2, 0.25) is 0 Å². The lowest BCUT2D eigenvalue weighted by atomic mass is 9.92. The molecule has 0 saturated heterocycles. The van der Waals surface area contributed by atoms with Crippen molar-refractivity contribution in [1.82, 2.24) is 24.9 Å². The lowest BCUT2D eigenvalue weighted by Crippen LogP contribution is -2.40. The van der Waals surface area contributed by atoms with E-state index >= 15 is 0 Å². The number of hydrogen-bond acceptors (Lipinski definition) is 8. The van der Waals surface area contributed by atoms with Crippen LogP contribution < -0.4 is 16.4 Å². The normalized spacial score (nSPS) is 20.6. The molecule has 0 radical (unpaired) electrons. The van der Waals surface area contributed by atoms with Gasteiger partial charge in [-0.05, 0) is 51.5 Å². The van der Waals surface area contributed by atoms with E-state index in [9.17, 15) is 9.59 Å². The van der Waals surface area contributed by atoms with Crippen molar-refractivity contribution < 1.29 is 14.3 Å². The summed E-state index contributed by atoms with van der Waals surface area (Å²) in [6.07, 6.45) is 8.50. The molecule has 180 valence electrons. The van der Waals surface area contributed by atoms with E-state index in [1.54, 1.807) is 23.0 Å². The molecule has 3 heterocycles. The smallest absolute Gasteiger partial charge is 0.404 e. The number of anilines is 1. The number of nitrogens with zero attached hydrogens (tertiary/aromatic N) is 5. The number of aromatic nitrogens is 4. The number of primary amides is 1. The second-order valence-corrected chi connectivity index (χ2v) is 9.45. The Bertz CT molecular complexity index is 1330. The Morgan fingerprint density at radius 3 is 2.63 bits per heavy atom. The predicted molar refractivity (Wildman–Crippen MR) is 126 cm³/mol. The van der Waals surface area contributed by atoms with Gasteiger partial charge in [0, 0.05) is 23.8 Å². The molecule has 2 saturated carbocycles. The molecule has 2 aliphatic carbocycles. The zero-order chi connectivity index (χ0) is 24.6. The molecule has 11 heteroatoms. The highest BCUT2D eigenvalue weighted by Crippen LogP contribution is 2.39. The van der Waals surface area contributed by atoms with Crippen molar-refractivity contribution in [3.05, 3.63) is 41.9 Å². The van der Waals surface area contributed by atoms with E-state index in [2.05, 4.69) is 38.7 Å². The van der Waals surface area contributed by atoms with Crippen molar-refractivity contribution in [3.63, 3.8) is 0 Å². The summed E-state index contributed by atoms with van der Waals surface area (Å²) in [5, 5.41) is 20.0. The highest BCUT2D eigenvalue weighted by molar-refractivity contribution is 6.00. The summed E-state index contributed by atoms with van der Waals surface area (Å²) in [6.45, 7) is 2.12. The van der Waals surface area contributed by atoms with Crippen molar-refractivity contribution in [1.29, 1.82) is 5.26 Å². The summed E-state index contributed by atoms with van der Waals surface area (Å²) in [5.41, 5.74) is 8.45. The van der Waals surface area contributed by atoms with Gasteiger partial charge in [0.25, 0.3) is 5.91 Å². The van der Waals surface area contributed by atoms with Crippen molar-refractivity contribution in [2.24, 2.45) is 5.73 Å². The molecule has 4 N–H and O–H groups in total. The fraction of sp³-hybridized carbons (Fsp3) is 0.417. The largest absolute Gasteiger partial charge is 0.446 e. The summed E-state index contributed by atoms with van der Waals surface area (Å²) in [5.74, 6) is -0.204. The maximum Gasteiger partial charge on any atom is 0.404 e. The lowest BCUT2D eigenvalue weighted by molar-refractivity contribution is 0.0711. The molecule has 0 atom stereocenters. The van der Waals surface area contributed by atoms with Gasteiger partial charge in [0.1, 0.15) is 17.9 Å². The van der Waals surface area contributed by atoms with Crippen LogP contribution in [-0.2, 0) is 4.74 Å². The quantitative estimate of drug-likeness (QED) is 0.491. The van der Waals surface area contributed by atoms with E-state index in [1.165, 1.54) is 6.20 Å². The number of carbonyl (C=O) groups excluding carboxylic acids is 2. The zero-order valence-corrected chi connectivity index (χ0v) is 19.3. The number of nitriles is 1. The van der Waals surface area contributed by atoms with Gasteiger partial charge < -0.3 is 21.1 Å². The van der Waals surface area contributed by atoms with Crippen LogP contribution in [0.25, 0.3) is 17.0 Å². The van der Waals surface area contributed by atoms with Gasteiger partial charge in [-0.1, -0.05) is 0 Å². The molecule has 0 unspecified atom stereocenters. The average Bonchev–Trinajstić information content (AvgIpc) is 3.41. The van der Waals surface area contributed by atoms with Crippen LogP contribution >= 0.6 is 0 Å². The van der Waals surface area contributed by atoms with Gasteiger partial charge in [0.05, 0.1) is 34.9 Å². The molecular formula is C24H26N8O3. The van der Waals surface area contributed by atoms with E-state index in [0.29, 0.717) is 59.5 Å². The van der Waals surface area contributed by atoms with E-state index in [0.717, 1.165) is 12.8 Å². The minimum atomic E-state index is -0.764. The third-order valence-corrected chi connectivity index (χ3v) is 6.63. The Balaban J connectivity index is 1.38. The lowest BCUT2D eigenvalue weighted by Gasteiger charge is -2.28. The number of imidazole rings is 1. The Labute approximate surface area is 201 Å². The van der Waals surface area contributed by atoms with Gasteiger partial charge >= 0.3 is 6.09 Å². The average molecular weight is 475 g/mol. The number of amides is 2. The first-order valence-corrected chi connectivity index (χ1v) is 11.6. The van der Waals surface area contributed by atoms with Crippen molar-refractivity contribution in [2.75, 3.05) is 5.32 Å². The van der Waals surface area contributed by atoms with Crippen LogP contribution in [0.5, 0.6) is 0 Å². The number of fused-ring (bicyclic) bond motifs is 1. The summed E-state index contributed by atoms with van der Waals surface area (Å²) < 4.78 is 6.70. The number of pyridine rings is 1. The number of carbonyl (C=O) groups is 2. The highest BCUT2D eigenvalue weighted by Gasteiger charge is 2.38. The number of nitrogens with two attached hydrogens (primary N) is 1. The third-order valence-electron chi connectivity index (χ3n) is 6.63. The van der Waals surface area contributed by atoms with Crippen LogP contribution in [0.3, 0.4) is 0 Å². The number of nitrogens with one attached hydrogen (secondary N) is 2. The summed E-state index contributed by atoms with van der Waals surface area (Å²) in [4.78, 5) is 33.1. The number of rotatable bonds is 6. The standard InChI is InChI=1S/C24H26N8O3/c1-24(6-7-24)31-18-9-19(20-13-28-21-8-14(10-25)11-29-32(20)21)27-12-17(18)22(33)30-15-2-4-16(5-3-15)35-23(26)34/h8-9,11-13,15-16H,2-7H2,1H3,(H2,26,34)(H,27,31)(H,30,33)/t15-,16-. The summed E-state index contributed by atoms with van der Waals surface area (Å²) >= 11 is 0. The summed E-state index contributed by atoms with van der Waals surface area (Å²) in [7, 11) is 0. The van der Waals surface area contributed by atoms with E-state index in [1.807, 2.05) is 6.07 Å². The topological polar surface area (TPSA) is 160 Å². The fourth-order valence-electron chi connectivity index (χ4n) is 4.38. The monoisotopic (exact) mass is 474 g/mol. The van der Waals surface area contributed by atoms with Crippen molar-refractivity contribution in [2.45, 2.75) is 63.1 Å². The number of hydrogen-bond donors (Lipinski definition) is 3. The molecule has 3 aromatic rings. The molecule has 5 rings (SSSR count). The molecule has 0 spiro atoms. The molecule has 0 aromatic carbocycles. The van der Waals surface area contributed by atoms with Gasteiger partial charge in [-0.15, -0.1) is 0 Å². The second kappa shape index (κ2) is 8.87. The van der Waals surface area contributed by atoms with Crippen LogP contribution in [0.15, 0.2) is 30.7 Å². The molecular weight excluding hydrogens is 448 g/mol. The minimum absolute atomic E-state index is 0.0171. The van der Waals surface area contributed by atoms with Gasteiger partial charge in [-0.25, -0.2) is 14.3 Å². The summed E-state index contributed by atoms with van der Waals surface area (Å²) in [6, 6.07) is 5.55. The SMILES string of the molecule is CC1(Nc2cc(-c3cnc4cc(C#N)cnn34)ncc2C(=O)N[C@H]2CC[C@H](OC(N)=O)CC2)CC1. The van der Waals surface area contributed by atoms with Crippen LogP contribution in [0.1, 0.15) is 61.4 Å². The molecule has 2 aliphatic rings. The molecule has 2 amide bonds. The fourth-order valence-corrected chi connectivity index (χ4v) is 4.38. The second-order valence-electron chi connectivity index (χ2n) is 9.45.